The molecule has 0 bridgehead atoms. The van der Waals surface area contributed by atoms with E-state index < -0.39 is 0 Å². The number of hydrogen-bond acceptors (Lipinski definition) is 4. The maximum absolute atomic E-state index is 12.3. The van der Waals surface area contributed by atoms with Crippen molar-refractivity contribution in [2.24, 2.45) is 0 Å². The van der Waals surface area contributed by atoms with E-state index in [1.165, 1.54) is 0 Å². The number of carbonyl (C=O) groups excluding carboxylic acids is 1. The number of amides is 1. The molecular formula is C23H27ClN4O2. The van der Waals surface area contributed by atoms with Gasteiger partial charge in [0.1, 0.15) is 5.75 Å². The molecule has 158 valence electrons. The van der Waals surface area contributed by atoms with Crippen molar-refractivity contribution >= 4 is 34.5 Å². The summed E-state index contributed by atoms with van der Waals surface area (Å²) in [6.07, 6.45) is 1.77. The smallest absolute Gasteiger partial charge is 0.258 e. The molecular weight excluding hydrogens is 400 g/mol. The summed E-state index contributed by atoms with van der Waals surface area (Å²) in [5.74, 6) is 1.55. The molecule has 6 nitrogen and oxygen atoms in total. The second-order valence-electron chi connectivity index (χ2n) is 7.94. The highest BCUT2D eigenvalue weighted by Crippen LogP contribution is 2.28. The highest BCUT2D eigenvalue weighted by molar-refractivity contribution is 6.30. The third-order valence-corrected chi connectivity index (χ3v) is 5.67. The van der Waals surface area contributed by atoms with Crippen LogP contribution in [-0.4, -0.2) is 41.2 Å². The summed E-state index contributed by atoms with van der Waals surface area (Å²) in [6, 6.07) is 15.8. The number of nitrogens with one attached hydrogen (secondary N) is 1. The molecule has 0 radical (unpaired) electrons. The van der Waals surface area contributed by atoms with Crippen molar-refractivity contribution in [3.05, 3.63) is 53.6 Å². The predicted molar refractivity (Wildman–Crippen MR) is 120 cm³/mol. The summed E-state index contributed by atoms with van der Waals surface area (Å²) >= 11 is 5.86. The van der Waals surface area contributed by atoms with E-state index in [4.69, 9.17) is 21.3 Å². The Morgan fingerprint density at radius 2 is 1.87 bits per heavy atom. The molecule has 1 aliphatic heterocycles. The van der Waals surface area contributed by atoms with Crippen LogP contribution in [0.3, 0.4) is 0 Å². The SMILES string of the molecule is CC(C)n1c(N2CCC(NC(=O)COc3ccc(Cl)cc3)CC2)nc2ccccc21. The summed E-state index contributed by atoms with van der Waals surface area (Å²) in [5, 5.41) is 3.74. The Morgan fingerprint density at radius 1 is 1.17 bits per heavy atom. The van der Waals surface area contributed by atoms with Gasteiger partial charge in [0, 0.05) is 30.2 Å². The topological polar surface area (TPSA) is 59.4 Å². The van der Waals surface area contributed by atoms with E-state index in [0.29, 0.717) is 16.8 Å². The highest BCUT2D eigenvalue weighted by Gasteiger charge is 2.25. The van der Waals surface area contributed by atoms with Crippen LogP contribution in [0.5, 0.6) is 5.75 Å². The maximum atomic E-state index is 12.3. The molecule has 3 aromatic rings. The minimum Gasteiger partial charge on any atom is -0.484 e. The van der Waals surface area contributed by atoms with Gasteiger partial charge in [-0.2, -0.15) is 0 Å². The Hall–Kier alpha value is -2.73. The lowest BCUT2D eigenvalue weighted by Gasteiger charge is -2.34. The Bertz CT molecular complexity index is 1010. The van der Waals surface area contributed by atoms with Crippen molar-refractivity contribution in [2.75, 3.05) is 24.6 Å². The number of nitrogens with zero attached hydrogens (tertiary/aromatic N) is 3. The minimum atomic E-state index is -0.0992. The van der Waals surface area contributed by atoms with Crippen molar-refractivity contribution in [1.82, 2.24) is 14.9 Å². The van der Waals surface area contributed by atoms with Crippen LogP contribution in [-0.2, 0) is 4.79 Å². The van der Waals surface area contributed by atoms with Crippen LogP contribution in [0, 0.1) is 0 Å². The van der Waals surface area contributed by atoms with E-state index in [2.05, 4.69) is 46.8 Å². The molecule has 0 saturated carbocycles. The van der Waals surface area contributed by atoms with Gasteiger partial charge in [-0.25, -0.2) is 4.98 Å². The minimum absolute atomic E-state index is 0.00495. The number of hydrogen-bond donors (Lipinski definition) is 1. The Morgan fingerprint density at radius 3 is 2.57 bits per heavy atom. The molecule has 0 atom stereocenters. The first-order valence-corrected chi connectivity index (χ1v) is 10.8. The van der Waals surface area contributed by atoms with E-state index >= 15 is 0 Å². The van der Waals surface area contributed by atoms with Gasteiger partial charge >= 0.3 is 0 Å². The lowest BCUT2D eigenvalue weighted by atomic mass is 10.1. The molecule has 1 N–H and O–H groups in total. The quantitative estimate of drug-likeness (QED) is 0.633. The van der Waals surface area contributed by atoms with Gasteiger partial charge in [-0.15, -0.1) is 0 Å². The summed E-state index contributed by atoms with van der Waals surface area (Å²) in [5.41, 5.74) is 2.19. The average molecular weight is 427 g/mol. The van der Waals surface area contributed by atoms with Gasteiger partial charge in [0.05, 0.1) is 11.0 Å². The monoisotopic (exact) mass is 426 g/mol. The van der Waals surface area contributed by atoms with E-state index in [1.807, 2.05) is 6.07 Å². The first kappa shape index (κ1) is 20.5. The number of anilines is 1. The fourth-order valence-corrected chi connectivity index (χ4v) is 4.06. The predicted octanol–water partition coefficient (Wildman–Crippen LogP) is 4.43. The van der Waals surface area contributed by atoms with Crippen molar-refractivity contribution in [1.29, 1.82) is 0 Å². The molecule has 2 aromatic carbocycles. The number of carbonyl (C=O) groups is 1. The lowest BCUT2D eigenvalue weighted by Crippen LogP contribution is -2.46. The third-order valence-electron chi connectivity index (χ3n) is 5.42. The van der Waals surface area contributed by atoms with Crippen LogP contribution < -0.4 is 15.0 Å². The van der Waals surface area contributed by atoms with Gasteiger partial charge < -0.3 is 19.5 Å². The molecule has 2 heterocycles. The number of aromatic nitrogens is 2. The zero-order valence-corrected chi connectivity index (χ0v) is 18.1. The zero-order chi connectivity index (χ0) is 21.1. The normalized spacial score (nSPS) is 15.0. The molecule has 30 heavy (non-hydrogen) atoms. The van der Waals surface area contributed by atoms with Crippen LogP contribution in [0.15, 0.2) is 48.5 Å². The summed E-state index contributed by atoms with van der Waals surface area (Å²) in [4.78, 5) is 19.5. The van der Waals surface area contributed by atoms with Crippen LogP contribution in [0.25, 0.3) is 11.0 Å². The largest absolute Gasteiger partial charge is 0.484 e. The van der Waals surface area contributed by atoms with Crippen LogP contribution in [0.2, 0.25) is 5.02 Å². The van der Waals surface area contributed by atoms with Crippen molar-refractivity contribution in [3.8, 4) is 5.75 Å². The highest BCUT2D eigenvalue weighted by atomic mass is 35.5. The molecule has 1 saturated heterocycles. The van der Waals surface area contributed by atoms with Crippen LogP contribution in [0.1, 0.15) is 32.7 Å². The first-order valence-electron chi connectivity index (χ1n) is 10.4. The number of ether oxygens (including phenoxy) is 1. The van der Waals surface area contributed by atoms with Crippen LogP contribution in [0.4, 0.5) is 5.95 Å². The van der Waals surface area contributed by atoms with E-state index in [9.17, 15) is 4.79 Å². The number of halogens is 1. The number of imidazole rings is 1. The molecule has 7 heteroatoms. The van der Waals surface area contributed by atoms with Gasteiger partial charge in [-0.1, -0.05) is 23.7 Å². The van der Waals surface area contributed by atoms with Crippen molar-refractivity contribution in [3.63, 3.8) is 0 Å². The number of fused-ring (bicyclic) bond motifs is 1. The Labute approximate surface area is 181 Å². The molecule has 0 spiro atoms. The second-order valence-corrected chi connectivity index (χ2v) is 8.37. The number of rotatable bonds is 6. The lowest BCUT2D eigenvalue weighted by molar-refractivity contribution is -0.123. The first-order chi connectivity index (χ1) is 14.5. The van der Waals surface area contributed by atoms with E-state index in [0.717, 1.165) is 42.9 Å². The Kier molecular flexibility index (Phi) is 6.13. The van der Waals surface area contributed by atoms with E-state index in [-0.39, 0.29) is 18.6 Å². The van der Waals surface area contributed by atoms with Gasteiger partial charge in [0.25, 0.3) is 5.91 Å². The number of piperidine rings is 1. The van der Waals surface area contributed by atoms with Gasteiger partial charge in [0.2, 0.25) is 5.95 Å². The summed E-state index contributed by atoms with van der Waals surface area (Å²) < 4.78 is 7.84. The molecule has 1 aliphatic rings. The number of benzene rings is 2. The average Bonchev–Trinajstić information content (AvgIpc) is 3.14. The fraction of sp³-hybridized carbons (Fsp3) is 0.391. The van der Waals surface area contributed by atoms with Crippen molar-refractivity contribution in [2.45, 2.75) is 38.8 Å². The fourth-order valence-electron chi connectivity index (χ4n) is 3.94. The van der Waals surface area contributed by atoms with Crippen molar-refractivity contribution < 1.29 is 9.53 Å². The summed E-state index contributed by atoms with van der Waals surface area (Å²) in [7, 11) is 0. The number of para-hydroxylation sites is 2. The zero-order valence-electron chi connectivity index (χ0n) is 17.3. The molecule has 1 fully saturated rings. The maximum Gasteiger partial charge on any atom is 0.258 e. The molecule has 1 aromatic heterocycles. The van der Waals surface area contributed by atoms with Gasteiger partial charge in [-0.3, -0.25) is 4.79 Å². The molecule has 0 unspecified atom stereocenters. The van der Waals surface area contributed by atoms with Gasteiger partial charge in [-0.05, 0) is 63.1 Å². The standard InChI is InChI=1S/C23H27ClN4O2/c1-16(2)28-21-6-4-3-5-20(21)26-23(28)27-13-11-18(12-14-27)25-22(29)15-30-19-9-7-17(24)8-10-19/h3-10,16,18H,11-15H2,1-2H3,(H,25,29). The molecule has 0 aliphatic carbocycles. The second kappa shape index (κ2) is 8.96. The third kappa shape index (κ3) is 4.54. The molecule has 4 rings (SSSR count). The molecule has 1 amide bonds. The Balaban J connectivity index is 1.33. The van der Waals surface area contributed by atoms with Gasteiger partial charge in [0.15, 0.2) is 6.61 Å². The van der Waals surface area contributed by atoms with Crippen LogP contribution >= 0.6 is 11.6 Å². The summed E-state index contributed by atoms with van der Waals surface area (Å²) in [6.45, 7) is 6.10. The van der Waals surface area contributed by atoms with E-state index in [1.54, 1.807) is 24.3 Å².